The van der Waals surface area contributed by atoms with Gasteiger partial charge in [-0.15, -0.1) is 0 Å². The number of nitrogens with zero attached hydrogens (tertiary/aromatic N) is 5. The third kappa shape index (κ3) is 10.1. The summed E-state index contributed by atoms with van der Waals surface area (Å²) in [5.74, 6) is 0.110. The van der Waals surface area contributed by atoms with E-state index in [0.717, 1.165) is 5.56 Å². The van der Waals surface area contributed by atoms with Gasteiger partial charge in [0, 0.05) is 32.8 Å². The highest BCUT2D eigenvalue weighted by molar-refractivity contribution is 6.15. The van der Waals surface area contributed by atoms with Gasteiger partial charge in [0.15, 0.2) is 5.84 Å². The molecule has 0 saturated heterocycles. The maximum absolute atomic E-state index is 14.2. The summed E-state index contributed by atoms with van der Waals surface area (Å²) in [7, 11) is 0. The van der Waals surface area contributed by atoms with Crippen LogP contribution in [0.1, 0.15) is 51.4 Å². The number of para-hydroxylation sites is 2. The van der Waals surface area contributed by atoms with Crippen molar-refractivity contribution in [2.24, 2.45) is 9.98 Å². The molecule has 17 heteroatoms. The summed E-state index contributed by atoms with van der Waals surface area (Å²) in [6.07, 6.45) is -20.5. The zero-order chi connectivity index (χ0) is 57.3. The molecule has 0 bridgehead atoms. The van der Waals surface area contributed by atoms with Crippen LogP contribution >= 0.6 is 0 Å². The minimum absolute atomic E-state index is 0.0163. The molecule has 402 valence electrons. The molecule has 0 amide bonds. The van der Waals surface area contributed by atoms with Crippen molar-refractivity contribution < 1.29 is 52.7 Å². The summed E-state index contributed by atoms with van der Waals surface area (Å²) in [4.78, 5) is 10.1. The van der Waals surface area contributed by atoms with E-state index in [9.17, 15) is 57.9 Å². The van der Waals surface area contributed by atoms with Crippen molar-refractivity contribution >= 4 is 60.9 Å². The fourth-order valence-corrected chi connectivity index (χ4v) is 10.2. The van der Waals surface area contributed by atoms with Crippen molar-refractivity contribution in [3.63, 3.8) is 0 Å². The Morgan fingerprint density at radius 3 is 1.16 bits per heavy atom. The first-order valence-electron chi connectivity index (χ1n) is 24.7. The number of aromatic nitrogens is 2. The highest BCUT2D eigenvalue weighted by Gasteiger charge is 2.39. The summed E-state index contributed by atoms with van der Waals surface area (Å²) in [6.45, 7) is 6.06. The number of benzene rings is 9. The van der Waals surface area contributed by atoms with Gasteiger partial charge in [0.05, 0.1) is 61.4 Å². The number of rotatable bonds is 8. The average Bonchev–Trinajstić information content (AvgIpc) is 4.05. The van der Waals surface area contributed by atoms with E-state index in [1.54, 1.807) is 101 Å². The first kappa shape index (κ1) is 53.3. The Morgan fingerprint density at radius 2 is 0.765 bits per heavy atom. The number of aliphatic imine (C=N–C) groups is 2. The highest BCUT2D eigenvalue weighted by atomic mass is 19.4. The molecule has 9 aromatic carbocycles. The van der Waals surface area contributed by atoms with Gasteiger partial charge in [-0.05, 0) is 125 Å². The van der Waals surface area contributed by atoms with Crippen LogP contribution in [-0.2, 0) is 24.7 Å². The molecule has 0 fully saturated rings. The summed E-state index contributed by atoms with van der Waals surface area (Å²) in [5, 5.41) is 13.4. The van der Waals surface area contributed by atoms with Crippen LogP contribution in [0.2, 0.25) is 0 Å². The molecular formula is C64H37F12N5. The quantitative estimate of drug-likeness (QED) is 0.0850. The lowest BCUT2D eigenvalue weighted by atomic mass is 9.97. The van der Waals surface area contributed by atoms with Crippen molar-refractivity contribution in [2.45, 2.75) is 31.6 Å². The second kappa shape index (κ2) is 19.9. The van der Waals surface area contributed by atoms with Gasteiger partial charge in [-0.2, -0.15) is 57.9 Å². The number of fused-ring (bicyclic) bond motifs is 6. The molecule has 81 heavy (non-hydrogen) atoms. The zero-order valence-corrected chi connectivity index (χ0v) is 42.0. The van der Waals surface area contributed by atoms with Crippen molar-refractivity contribution in [1.29, 1.82) is 5.26 Å². The van der Waals surface area contributed by atoms with Crippen LogP contribution in [0.5, 0.6) is 0 Å². The largest absolute Gasteiger partial charge is 0.416 e. The Bertz CT molecular complexity index is 4160. The van der Waals surface area contributed by atoms with Gasteiger partial charge in [-0.1, -0.05) is 116 Å². The van der Waals surface area contributed by atoms with Crippen LogP contribution in [0.15, 0.2) is 211 Å². The lowest BCUT2D eigenvalue weighted by Crippen LogP contribution is -2.11. The van der Waals surface area contributed by atoms with Crippen LogP contribution in [0, 0.1) is 11.3 Å². The first-order valence-corrected chi connectivity index (χ1v) is 24.7. The number of hydrogen-bond donors (Lipinski definition) is 0. The molecule has 11 rings (SSSR count). The molecule has 2 heterocycles. The fraction of sp³-hybridized carbons (Fsp3) is 0.0781. The van der Waals surface area contributed by atoms with E-state index in [1.165, 1.54) is 36.4 Å². The molecular weight excluding hydrogens is 1070 g/mol. The fourth-order valence-electron chi connectivity index (χ4n) is 10.2. The van der Waals surface area contributed by atoms with Crippen LogP contribution < -0.4 is 0 Å². The van der Waals surface area contributed by atoms with Gasteiger partial charge in [-0.3, -0.25) is 0 Å². The Labute approximate surface area is 452 Å². The summed E-state index contributed by atoms with van der Waals surface area (Å²) in [6, 6.07) is 49.3. The van der Waals surface area contributed by atoms with Gasteiger partial charge in [0.25, 0.3) is 0 Å². The predicted octanol–water partition coefficient (Wildman–Crippen LogP) is 19.1. The van der Waals surface area contributed by atoms with Gasteiger partial charge in [0.1, 0.15) is 11.6 Å². The standard InChI is InChI=1S/C64H37F12N5/c1-36(38-13-5-3-6-14-38)78-60(79-37(2)39-15-7-4-8-16-39)44-31-58(80-54-19-11-9-17-49(54)51-29-40(21-23-56(51)80)42-25-45(61(65,66)67)33-46(26-42)62(68,69)70)53(35-77)59(32-44)81-55-20-12-10-18-50(55)52-30-41(22-24-57(52)81)43-27-47(63(71,72)73)34-48(28-43)64(74,75)76/h3-34H,1H2,2H3/b78-60-,79-37+. The molecule has 2 aromatic heterocycles. The van der Waals surface area contributed by atoms with Crippen LogP contribution in [0.3, 0.4) is 0 Å². The molecule has 0 radical (unpaired) electrons. The van der Waals surface area contributed by atoms with E-state index in [-0.39, 0.29) is 57.2 Å². The highest BCUT2D eigenvalue weighted by Crippen LogP contribution is 2.45. The van der Waals surface area contributed by atoms with Gasteiger partial charge < -0.3 is 9.13 Å². The SMILES string of the molecule is C=C(/N=C(\N=C(/C)c1ccccc1)c1cc(-n2c3ccccc3c3cc(-c4cc(C(F)(F)F)cc(C(F)(F)F)c4)ccc32)c(C#N)c(-n2c3ccccc3c3cc(-c4cc(C(F)(F)F)cc(C(F)(F)F)c4)ccc32)c1)c1ccccc1. The summed E-state index contributed by atoms with van der Waals surface area (Å²) < 4.78 is 174. The molecule has 5 nitrogen and oxygen atoms in total. The Kier molecular flexibility index (Phi) is 13.1. The molecule has 0 aliphatic carbocycles. The minimum Gasteiger partial charge on any atom is -0.308 e. The van der Waals surface area contributed by atoms with E-state index in [2.05, 4.69) is 12.6 Å². The van der Waals surface area contributed by atoms with Crippen molar-refractivity contribution in [1.82, 2.24) is 9.13 Å². The number of nitriles is 1. The number of hydrogen-bond acceptors (Lipinski definition) is 2. The smallest absolute Gasteiger partial charge is 0.308 e. The lowest BCUT2D eigenvalue weighted by molar-refractivity contribution is -0.144. The Balaban J connectivity index is 1.22. The van der Waals surface area contributed by atoms with Crippen LogP contribution in [-0.4, -0.2) is 20.7 Å². The lowest BCUT2D eigenvalue weighted by Gasteiger charge is -2.19. The number of amidine groups is 1. The van der Waals surface area contributed by atoms with E-state index in [0.29, 0.717) is 90.4 Å². The molecule has 0 unspecified atom stereocenters. The normalized spacial score (nSPS) is 12.9. The molecule has 0 spiro atoms. The number of alkyl halides is 12. The molecule has 11 aromatic rings. The summed E-state index contributed by atoms with van der Waals surface area (Å²) >= 11 is 0. The third-order valence-electron chi connectivity index (χ3n) is 13.9. The maximum Gasteiger partial charge on any atom is 0.416 e. The van der Waals surface area contributed by atoms with Gasteiger partial charge >= 0.3 is 24.7 Å². The Hall–Kier alpha value is -9.69. The summed E-state index contributed by atoms with van der Waals surface area (Å²) in [5.41, 5.74) is -2.03. The predicted molar refractivity (Wildman–Crippen MR) is 291 cm³/mol. The Morgan fingerprint density at radius 1 is 0.395 bits per heavy atom. The van der Waals surface area contributed by atoms with Crippen LogP contribution in [0.4, 0.5) is 52.7 Å². The average molecular weight is 1100 g/mol. The molecule has 0 atom stereocenters. The van der Waals surface area contributed by atoms with E-state index in [1.807, 2.05) is 36.4 Å². The molecule has 0 saturated carbocycles. The van der Waals surface area contributed by atoms with Crippen molar-refractivity contribution in [2.75, 3.05) is 0 Å². The minimum atomic E-state index is -5.12. The monoisotopic (exact) mass is 1100 g/mol. The second-order valence-corrected chi connectivity index (χ2v) is 19.1. The molecule has 0 aliphatic heterocycles. The van der Waals surface area contributed by atoms with Gasteiger partial charge in [0.2, 0.25) is 0 Å². The second-order valence-electron chi connectivity index (χ2n) is 19.1. The molecule has 0 N–H and O–H groups in total. The van der Waals surface area contributed by atoms with Crippen molar-refractivity contribution in [3.8, 4) is 39.7 Å². The number of halogens is 12. The van der Waals surface area contributed by atoms with E-state index in [4.69, 9.17) is 9.98 Å². The van der Waals surface area contributed by atoms with Crippen molar-refractivity contribution in [3.05, 3.63) is 245 Å². The van der Waals surface area contributed by atoms with E-state index < -0.39 is 47.0 Å². The van der Waals surface area contributed by atoms with Crippen LogP contribution in [0.25, 0.3) is 82.9 Å². The first-order chi connectivity index (χ1) is 38.5. The topological polar surface area (TPSA) is 58.4 Å². The third-order valence-corrected chi connectivity index (χ3v) is 13.9. The zero-order valence-electron chi connectivity index (χ0n) is 42.0. The molecule has 0 aliphatic rings. The van der Waals surface area contributed by atoms with E-state index >= 15 is 0 Å². The maximum atomic E-state index is 14.2. The van der Waals surface area contributed by atoms with Gasteiger partial charge in [-0.25, -0.2) is 9.98 Å².